The maximum absolute atomic E-state index is 11.3. The number of carbonyl (C=O) groups is 1. The van der Waals surface area contributed by atoms with Crippen molar-refractivity contribution in [2.45, 2.75) is 19.0 Å². The average Bonchev–Trinajstić information content (AvgIpc) is 2.08. The number of hydrogen-bond acceptors (Lipinski definition) is 4. The molecule has 0 aliphatic carbocycles. The van der Waals surface area contributed by atoms with Gasteiger partial charge >= 0.3 is 5.97 Å². The van der Waals surface area contributed by atoms with Gasteiger partial charge in [-0.05, 0) is 6.92 Å². The number of nitrogens with zero attached hydrogens (tertiary/aromatic N) is 1. The third kappa shape index (κ3) is 2.79. The Morgan fingerprint density at radius 3 is 2.67 bits per heavy atom. The normalized spacial score (nSPS) is 28.2. The van der Waals surface area contributed by atoms with Crippen LogP contribution in [0.25, 0.3) is 0 Å². The Kier molecular flexibility index (Phi) is 3.51. The molecule has 2 unspecified atom stereocenters. The Morgan fingerprint density at radius 1 is 1.67 bits per heavy atom. The lowest BCUT2D eigenvalue weighted by molar-refractivity contribution is -0.142. The van der Waals surface area contributed by atoms with Crippen LogP contribution < -0.4 is 0 Å². The van der Waals surface area contributed by atoms with E-state index >= 15 is 0 Å². The molecule has 1 aliphatic rings. The Labute approximate surface area is 89.3 Å². The SMILES string of the molecule is C=CC(C(=O)O)N1CCS(=O)(=O)CC1C. The summed E-state index contributed by atoms with van der Waals surface area (Å²) in [5, 5.41) is 8.91. The van der Waals surface area contributed by atoms with Crippen LogP contribution in [0.4, 0.5) is 0 Å². The van der Waals surface area contributed by atoms with Crippen LogP contribution in [0.1, 0.15) is 6.92 Å². The van der Waals surface area contributed by atoms with Crippen molar-refractivity contribution in [2.24, 2.45) is 0 Å². The Morgan fingerprint density at radius 2 is 2.27 bits per heavy atom. The maximum atomic E-state index is 11.3. The van der Waals surface area contributed by atoms with Gasteiger partial charge in [-0.1, -0.05) is 6.08 Å². The second-order valence-electron chi connectivity index (χ2n) is 3.72. The molecule has 5 nitrogen and oxygen atoms in total. The highest BCUT2D eigenvalue weighted by Gasteiger charge is 2.34. The predicted octanol–water partition coefficient (Wildman–Crippen LogP) is -0.255. The smallest absolute Gasteiger partial charge is 0.324 e. The topological polar surface area (TPSA) is 74.7 Å². The zero-order valence-corrected chi connectivity index (χ0v) is 9.40. The molecule has 0 radical (unpaired) electrons. The van der Waals surface area contributed by atoms with Crippen molar-refractivity contribution in [2.75, 3.05) is 18.1 Å². The number of carboxylic acids is 1. The summed E-state index contributed by atoms with van der Waals surface area (Å²) in [6, 6.07) is -1.07. The molecule has 15 heavy (non-hydrogen) atoms. The average molecular weight is 233 g/mol. The first kappa shape index (κ1) is 12.2. The van der Waals surface area contributed by atoms with Gasteiger partial charge in [-0.2, -0.15) is 0 Å². The fourth-order valence-corrected chi connectivity index (χ4v) is 3.38. The van der Waals surface area contributed by atoms with Crippen molar-refractivity contribution >= 4 is 15.8 Å². The Hall–Kier alpha value is -0.880. The zero-order valence-electron chi connectivity index (χ0n) is 8.59. The van der Waals surface area contributed by atoms with Gasteiger partial charge in [-0.25, -0.2) is 8.42 Å². The van der Waals surface area contributed by atoms with Crippen molar-refractivity contribution in [3.05, 3.63) is 12.7 Å². The van der Waals surface area contributed by atoms with Gasteiger partial charge in [0.1, 0.15) is 6.04 Å². The molecule has 0 spiro atoms. The van der Waals surface area contributed by atoms with Crippen LogP contribution in [0.15, 0.2) is 12.7 Å². The summed E-state index contributed by atoms with van der Waals surface area (Å²) in [6.45, 7) is 5.43. The van der Waals surface area contributed by atoms with Crippen molar-refractivity contribution < 1.29 is 18.3 Å². The molecule has 0 saturated carbocycles. The van der Waals surface area contributed by atoms with Crippen molar-refractivity contribution in [3.63, 3.8) is 0 Å². The third-order valence-corrected chi connectivity index (χ3v) is 4.35. The second kappa shape index (κ2) is 4.32. The minimum absolute atomic E-state index is 0.0185. The molecular formula is C9H15NO4S. The monoisotopic (exact) mass is 233 g/mol. The number of aliphatic carboxylic acids is 1. The lowest BCUT2D eigenvalue weighted by Gasteiger charge is -2.35. The molecule has 2 atom stereocenters. The fraction of sp³-hybridized carbons (Fsp3) is 0.667. The molecule has 1 N–H and O–H groups in total. The number of hydrogen-bond donors (Lipinski definition) is 1. The molecule has 0 aromatic heterocycles. The van der Waals surface area contributed by atoms with E-state index in [1.54, 1.807) is 11.8 Å². The highest BCUT2D eigenvalue weighted by molar-refractivity contribution is 7.91. The predicted molar refractivity (Wildman–Crippen MR) is 56.4 cm³/mol. The van der Waals surface area contributed by atoms with E-state index in [-0.39, 0.29) is 24.1 Å². The van der Waals surface area contributed by atoms with Crippen LogP contribution in [0, 0.1) is 0 Å². The molecule has 1 rings (SSSR count). The van der Waals surface area contributed by atoms with Gasteiger partial charge in [0.15, 0.2) is 9.84 Å². The van der Waals surface area contributed by atoms with Gasteiger partial charge in [0.25, 0.3) is 0 Å². The van der Waals surface area contributed by atoms with E-state index in [1.165, 1.54) is 6.08 Å². The first-order valence-electron chi connectivity index (χ1n) is 4.69. The standard InChI is InChI=1S/C9H15NO4S/c1-3-8(9(11)12)10-4-5-15(13,14)6-7(10)2/h3,7-8H,1,4-6H2,2H3,(H,11,12). The lowest BCUT2D eigenvalue weighted by Crippen LogP contribution is -2.53. The van der Waals surface area contributed by atoms with Gasteiger partial charge < -0.3 is 5.11 Å². The molecule has 0 aromatic rings. The van der Waals surface area contributed by atoms with Crippen molar-refractivity contribution in [1.29, 1.82) is 0 Å². The summed E-state index contributed by atoms with van der Waals surface area (Å²) in [4.78, 5) is 12.5. The van der Waals surface area contributed by atoms with Crippen LogP contribution in [0.2, 0.25) is 0 Å². The summed E-state index contributed by atoms with van der Waals surface area (Å²) in [6.07, 6.45) is 1.33. The minimum Gasteiger partial charge on any atom is -0.480 e. The molecule has 0 bridgehead atoms. The van der Waals surface area contributed by atoms with Gasteiger partial charge in [0, 0.05) is 12.6 Å². The first-order chi connectivity index (χ1) is 6.87. The fourth-order valence-electron chi connectivity index (χ4n) is 1.80. The van der Waals surface area contributed by atoms with Gasteiger partial charge in [-0.15, -0.1) is 6.58 Å². The van der Waals surface area contributed by atoms with E-state index in [2.05, 4.69) is 6.58 Å². The summed E-state index contributed by atoms with van der Waals surface area (Å²) < 4.78 is 22.6. The molecule has 0 amide bonds. The van der Waals surface area contributed by atoms with Gasteiger partial charge in [-0.3, -0.25) is 9.69 Å². The maximum Gasteiger partial charge on any atom is 0.324 e. The van der Waals surface area contributed by atoms with Gasteiger partial charge in [0.05, 0.1) is 11.5 Å². The van der Waals surface area contributed by atoms with E-state index in [9.17, 15) is 13.2 Å². The second-order valence-corrected chi connectivity index (χ2v) is 5.95. The summed E-state index contributed by atoms with van der Waals surface area (Å²) in [5.74, 6) is -0.948. The van der Waals surface area contributed by atoms with Crippen molar-refractivity contribution in [1.82, 2.24) is 4.90 Å². The van der Waals surface area contributed by atoms with E-state index in [1.807, 2.05) is 0 Å². The number of rotatable bonds is 3. The summed E-state index contributed by atoms with van der Waals surface area (Å²) >= 11 is 0. The van der Waals surface area contributed by atoms with E-state index in [4.69, 9.17) is 5.11 Å². The molecule has 1 aliphatic heterocycles. The summed E-state index contributed by atoms with van der Waals surface area (Å²) in [5.41, 5.74) is 0. The van der Waals surface area contributed by atoms with Gasteiger partial charge in [0.2, 0.25) is 0 Å². The number of carboxylic acid groups (broad SMARTS) is 1. The molecule has 1 fully saturated rings. The summed E-state index contributed by atoms with van der Waals surface area (Å²) in [7, 11) is -3.00. The molecule has 1 saturated heterocycles. The largest absolute Gasteiger partial charge is 0.480 e. The van der Waals surface area contributed by atoms with E-state index in [0.717, 1.165) is 0 Å². The minimum atomic E-state index is -3.00. The molecule has 6 heteroatoms. The van der Waals surface area contributed by atoms with Crippen LogP contribution in [-0.2, 0) is 14.6 Å². The molecular weight excluding hydrogens is 218 g/mol. The molecule has 0 aromatic carbocycles. The van der Waals surface area contributed by atoms with Crippen LogP contribution in [-0.4, -0.2) is 54.5 Å². The van der Waals surface area contributed by atoms with E-state index < -0.39 is 21.8 Å². The highest BCUT2D eigenvalue weighted by Crippen LogP contribution is 2.15. The first-order valence-corrected chi connectivity index (χ1v) is 6.51. The van der Waals surface area contributed by atoms with E-state index in [0.29, 0.717) is 0 Å². The molecule has 86 valence electrons. The number of sulfone groups is 1. The third-order valence-electron chi connectivity index (χ3n) is 2.56. The Balaban J connectivity index is 2.81. The lowest BCUT2D eigenvalue weighted by atomic mass is 10.2. The van der Waals surface area contributed by atoms with Crippen molar-refractivity contribution in [3.8, 4) is 0 Å². The van der Waals surface area contributed by atoms with Crippen LogP contribution in [0.5, 0.6) is 0 Å². The van der Waals surface area contributed by atoms with Crippen LogP contribution in [0.3, 0.4) is 0 Å². The molecule has 1 heterocycles. The quantitative estimate of drug-likeness (QED) is 0.680. The Bertz CT molecular complexity index is 362. The highest BCUT2D eigenvalue weighted by atomic mass is 32.2. The van der Waals surface area contributed by atoms with Crippen LogP contribution >= 0.6 is 0 Å². The zero-order chi connectivity index (χ0) is 11.6.